The summed E-state index contributed by atoms with van der Waals surface area (Å²) in [5.74, 6) is 0. The van der Waals surface area contributed by atoms with Gasteiger partial charge in [-0.15, -0.1) is 0 Å². The Hall–Kier alpha value is 0.979. The summed E-state index contributed by atoms with van der Waals surface area (Å²) >= 11 is -0.771. The van der Waals surface area contributed by atoms with E-state index in [9.17, 15) is 0 Å². The molecule has 0 rings (SSSR count). The van der Waals surface area contributed by atoms with Gasteiger partial charge < -0.3 is 0 Å². The summed E-state index contributed by atoms with van der Waals surface area (Å²) in [6.45, 7) is 3.18. The zero-order chi connectivity index (χ0) is 8.36. The van der Waals surface area contributed by atoms with Crippen molar-refractivity contribution in [2.75, 3.05) is 6.61 Å². The van der Waals surface area contributed by atoms with Gasteiger partial charge in [0.15, 0.2) is 0 Å². The molecule has 0 unspecified atom stereocenters. The van der Waals surface area contributed by atoms with Crippen molar-refractivity contribution in [2.45, 2.75) is 45.4 Å². The molecule has 0 aliphatic rings. The van der Waals surface area contributed by atoms with Crippen LogP contribution >= 0.6 is 9.29 Å². The summed E-state index contributed by atoms with van der Waals surface area (Å²) < 4.78 is 5.22. The summed E-state index contributed by atoms with van der Waals surface area (Å²) in [7, 11) is 4.82. The Balaban J connectivity index is 2.74. The molecule has 0 saturated carbocycles. The summed E-state index contributed by atoms with van der Waals surface area (Å²) in [4.78, 5) is 0. The summed E-state index contributed by atoms with van der Waals surface area (Å²) in [6.07, 6.45) is 8.04. The maximum atomic E-state index is 5.22. The Morgan fingerprint density at radius 1 is 1.09 bits per heavy atom. The van der Waals surface area contributed by atoms with Crippen LogP contribution in [0.2, 0.25) is 0 Å². The van der Waals surface area contributed by atoms with Crippen LogP contribution in [0.15, 0.2) is 0 Å². The topological polar surface area (TPSA) is 9.23 Å². The number of hydrogen-bond acceptors (Lipinski definition) is 2. The third-order valence-corrected chi connectivity index (χ3v) is 3.37. The van der Waals surface area contributed by atoms with Crippen LogP contribution in [-0.2, 0) is 3.07 Å². The maximum absolute atomic E-state index is 5.22. The molecule has 3 heteroatoms. The Morgan fingerprint density at radius 3 is 2.36 bits per heavy atom. The second kappa shape index (κ2) is 11.0. The molecule has 0 amide bonds. The minimum atomic E-state index is -0.771. The van der Waals surface area contributed by atoms with E-state index in [0.29, 0.717) is 0 Å². The third kappa shape index (κ3) is 11.0. The second-order valence-electron chi connectivity index (χ2n) is 2.70. The first kappa shape index (κ1) is 12.0. The molecule has 0 spiro atoms. The molecule has 0 atom stereocenters. The standard InChI is InChI=1S/C8H17O.S.Sn/c1-2-3-4-5-6-7-8-9;;/h2-8H2,1H3;;/q-1;;+1. The van der Waals surface area contributed by atoms with E-state index in [-0.39, 0.29) is 0 Å². The Labute approximate surface area is 83.8 Å². The van der Waals surface area contributed by atoms with Crippen molar-refractivity contribution in [1.82, 2.24) is 0 Å². The average molecular weight is 280 g/mol. The molecule has 11 heavy (non-hydrogen) atoms. The van der Waals surface area contributed by atoms with Gasteiger partial charge in [-0.25, -0.2) is 0 Å². The van der Waals surface area contributed by atoms with Crippen molar-refractivity contribution in [3.63, 3.8) is 0 Å². The zero-order valence-corrected chi connectivity index (χ0v) is 10.9. The predicted molar refractivity (Wildman–Crippen MR) is 52.7 cm³/mol. The van der Waals surface area contributed by atoms with Gasteiger partial charge in [0.25, 0.3) is 0 Å². The van der Waals surface area contributed by atoms with Gasteiger partial charge in [-0.2, -0.15) is 0 Å². The molecule has 0 aromatic heterocycles. The van der Waals surface area contributed by atoms with Gasteiger partial charge in [0.05, 0.1) is 0 Å². The minimum absolute atomic E-state index is 0.771. The van der Waals surface area contributed by atoms with Gasteiger partial charge in [-0.05, 0) is 0 Å². The van der Waals surface area contributed by atoms with Crippen molar-refractivity contribution >= 4 is 28.9 Å². The fourth-order valence-electron chi connectivity index (χ4n) is 0.996. The van der Waals surface area contributed by atoms with E-state index in [2.05, 4.69) is 6.92 Å². The normalized spacial score (nSPS) is 9.91. The Morgan fingerprint density at radius 2 is 1.73 bits per heavy atom. The van der Waals surface area contributed by atoms with E-state index in [1.165, 1.54) is 38.5 Å². The molecule has 0 fully saturated rings. The molecule has 0 aliphatic carbocycles. The number of unbranched alkanes of at least 4 members (excludes halogenated alkanes) is 5. The Kier molecular flexibility index (Phi) is 12.0. The molecular formula is C8H17OSSn. The SMILES string of the molecule is CCCCCCCC[O][Sn]=[S]. The van der Waals surface area contributed by atoms with Gasteiger partial charge in [0, 0.05) is 0 Å². The first-order chi connectivity index (χ1) is 5.41. The van der Waals surface area contributed by atoms with Crippen LogP contribution in [0.1, 0.15) is 45.4 Å². The van der Waals surface area contributed by atoms with Crippen molar-refractivity contribution in [1.29, 1.82) is 0 Å². The third-order valence-electron chi connectivity index (χ3n) is 1.66. The Bertz CT molecular complexity index is 88.2. The average Bonchev–Trinajstić information content (AvgIpc) is 2.03. The fourth-order valence-corrected chi connectivity index (χ4v) is 2.21. The van der Waals surface area contributed by atoms with Crippen LogP contribution in [0.3, 0.4) is 0 Å². The van der Waals surface area contributed by atoms with Gasteiger partial charge in [-0.1, -0.05) is 0 Å². The van der Waals surface area contributed by atoms with E-state index in [4.69, 9.17) is 12.4 Å². The van der Waals surface area contributed by atoms with E-state index in [1.54, 1.807) is 0 Å². The molecule has 1 nitrogen and oxygen atoms in total. The summed E-state index contributed by atoms with van der Waals surface area (Å²) in [6, 6.07) is 0. The first-order valence-corrected chi connectivity index (χ1v) is 9.47. The van der Waals surface area contributed by atoms with Crippen molar-refractivity contribution in [3.05, 3.63) is 0 Å². The zero-order valence-electron chi connectivity index (χ0n) is 7.27. The molecule has 0 bridgehead atoms. The van der Waals surface area contributed by atoms with Gasteiger partial charge in [0.2, 0.25) is 0 Å². The van der Waals surface area contributed by atoms with Crippen LogP contribution < -0.4 is 0 Å². The van der Waals surface area contributed by atoms with Gasteiger partial charge >= 0.3 is 84.0 Å². The molecule has 65 valence electrons. The van der Waals surface area contributed by atoms with Gasteiger partial charge in [0.1, 0.15) is 0 Å². The van der Waals surface area contributed by atoms with Crippen molar-refractivity contribution in [3.8, 4) is 0 Å². The molecule has 0 saturated heterocycles. The molecule has 0 aliphatic heterocycles. The molecule has 0 aromatic rings. The van der Waals surface area contributed by atoms with E-state index >= 15 is 0 Å². The van der Waals surface area contributed by atoms with E-state index in [1.807, 2.05) is 0 Å². The van der Waals surface area contributed by atoms with E-state index in [0.717, 1.165) is 6.61 Å². The second-order valence-corrected chi connectivity index (χ2v) is 5.12. The van der Waals surface area contributed by atoms with Crippen LogP contribution in [0.25, 0.3) is 0 Å². The van der Waals surface area contributed by atoms with Crippen LogP contribution in [0.5, 0.6) is 0 Å². The van der Waals surface area contributed by atoms with Crippen molar-refractivity contribution < 1.29 is 3.07 Å². The summed E-state index contributed by atoms with van der Waals surface area (Å²) in [5.41, 5.74) is 0. The molecule has 0 heterocycles. The molecule has 1 radical (unpaired) electrons. The summed E-state index contributed by atoms with van der Waals surface area (Å²) in [5, 5.41) is 0. The molecule has 0 N–H and O–H groups in total. The van der Waals surface area contributed by atoms with Crippen LogP contribution in [0, 0.1) is 0 Å². The number of hydrogen-bond donors (Lipinski definition) is 0. The predicted octanol–water partition coefficient (Wildman–Crippen LogP) is 3.10. The quantitative estimate of drug-likeness (QED) is 0.499. The van der Waals surface area contributed by atoms with Crippen molar-refractivity contribution in [2.24, 2.45) is 0 Å². The van der Waals surface area contributed by atoms with E-state index < -0.39 is 19.6 Å². The fraction of sp³-hybridized carbons (Fsp3) is 1.00. The molecular weight excluding hydrogens is 263 g/mol. The monoisotopic (exact) mass is 281 g/mol. The molecule has 0 aromatic carbocycles. The first-order valence-electron chi connectivity index (χ1n) is 4.40. The number of rotatable bonds is 8. The van der Waals surface area contributed by atoms with Crippen LogP contribution in [0.4, 0.5) is 0 Å². The van der Waals surface area contributed by atoms with Crippen LogP contribution in [-0.4, -0.2) is 26.2 Å². The van der Waals surface area contributed by atoms with Gasteiger partial charge in [-0.3, -0.25) is 0 Å².